The van der Waals surface area contributed by atoms with E-state index < -0.39 is 6.09 Å². The van der Waals surface area contributed by atoms with Crippen LogP contribution in [0.15, 0.2) is 48.7 Å². The number of ether oxygens (including phenoxy) is 1. The van der Waals surface area contributed by atoms with Gasteiger partial charge in [-0.2, -0.15) is 5.26 Å². The van der Waals surface area contributed by atoms with Crippen molar-refractivity contribution in [1.82, 2.24) is 4.98 Å². The summed E-state index contributed by atoms with van der Waals surface area (Å²) in [5, 5.41) is 8.80. The van der Waals surface area contributed by atoms with Crippen molar-refractivity contribution in [3.05, 3.63) is 59.8 Å². The molecule has 0 saturated heterocycles. The van der Waals surface area contributed by atoms with Crippen molar-refractivity contribution in [3.63, 3.8) is 0 Å². The zero-order chi connectivity index (χ0) is 15.9. The van der Waals surface area contributed by atoms with Crippen LogP contribution in [0, 0.1) is 11.3 Å². The average Bonchev–Trinajstić information content (AvgIpc) is 2.54. The lowest BCUT2D eigenvalue weighted by molar-refractivity contribution is 0.145. The lowest BCUT2D eigenvalue weighted by Crippen LogP contribution is -2.38. The predicted molar refractivity (Wildman–Crippen MR) is 83.2 cm³/mol. The van der Waals surface area contributed by atoms with E-state index in [1.54, 1.807) is 12.1 Å². The van der Waals surface area contributed by atoms with Gasteiger partial charge in [-0.1, -0.05) is 30.3 Å². The summed E-state index contributed by atoms with van der Waals surface area (Å²) in [5.41, 5.74) is 1.37. The number of benzene rings is 1. The molecule has 22 heavy (non-hydrogen) atoms. The second-order valence-corrected chi connectivity index (χ2v) is 5.02. The van der Waals surface area contributed by atoms with Crippen molar-refractivity contribution < 1.29 is 9.53 Å². The summed E-state index contributed by atoms with van der Waals surface area (Å²) in [6, 6.07) is 14.7. The van der Waals surface area contributed by atoms with Crippen LogP contribution in [0.1, 0.15) is 25.0 Å². The molecular formula is C17H17N3O2. The zero-order valence-electron chi connectivity index (χ0n) is 12.6. The summed E-state index contributed by atoms with van der Waals surface area (Å²) >= 11 is 0. The Morgan fingerprint density at radius 2 is 2.00 bits per heavy atom. The van der Waals surface area contributed by atoms with Gasteiger partial charge in [0, 0.05) is 12.2 Å². The molecule has 5 nitrogen and oxygen atoms in total. The van der Waals surface area contributed by atoms with Crippen LogP contribution in [0.5, 0.6) is 0 Å². The molecule has 1 amide bonds. The topological polar surface area (TPSA) is 66.2 Å². The lowest BCUT2D eigenvalue weighted by Gasteiger charge is -2.24. The zero-order valence-corrected chi connectivity index (χ0v) is 12.6. The van der Waals surface area contributed by atoms with Crippen molar-refractivity contribution in [2.75, 3.05) is 4.90 Å². The van der Waals surface area contributed by atoms with Gasteiger partial charge in [-0.3, -0.25) is 4.90 Å². The van der Waals surface area contributed by atoms with Crippen LogP contribution in [0.2, 0.25) is 0 Å². The first-order valence-electron chi connectivity index (χ1n) is 6.98. The molecule has 0 fully saturated rings. The summed E-state index contributed by atoms with van der Waals surface area (Å²) in [7, 11) is 0. The number of carbonyl (C=O) groups is 1. The minimum Gasteiger partial charge on any atom is -0.444 e. The molecule has 0 N–H and O–H groups in total. The van der Waals surface area contributed by atoms with Crippen molar-refractivity contribution in [3.8, 4) is 6.07 Å². The minimum atomic E-state index is -0.462. The monoisotopic (exact) mass is 295 g/mol. The summed E-state index contributed by atoms with van der Waals surface area (Å²) in [5.74, 6) is 0.465. The first-order chi connectivity index (χ1) is 10.6. The molecular weight excluding hydrogens is 278 g/mol. The number of pyridine rings is 1. The van der Waals surface area contributed by atoms with E-state index in [9.17, 15) is 4.79 Å². The van der Waals surface area contributed by atoms with E-state index in [1.807, 2.05) is 50.2 Å². The van der Waals surface area contributed by atoms with E-state index in [4.69, 9.17) is 10.00 Å². The first kappa shape index (κ1) is 15.5. The predicted octanol–water partition coefficient (Wildman–Crippen LogP) is 3.50. The van der Waals surface area contributed by atoms with Crippen LogP contribution >= 0.6 is 0 Å². The molecule has 0 aliphatic carbocycles. The van der Waals surface area contributed by atoms with E-state index in [-0.39, 0.29) is 12.6 Å². The van der Waals surface area contributed by atoms with Gasteiger partial charge in [0.25, 0.3) is 0 Å². The molecule has 0 bridgehead atoms. The third-order valence-corrected chi connectivity index (χ3v) is 3.04. The molecule has 0 unspecified atom stereocenters. The minimum absolute atomic E-state index is 0.108. The lowest BCUT2D eigenvalue weighted by atomic mass is 10.2. The second-order valence-electron chi connectivity index (χ2n) is 5.02. The molecule has 5 heteroatoms. The van der Waals surface area contributed by atoms with E-state index in [1.165, 1.54) is 11.1 Å². The number of anilines is 1. The molecule has 0 aliphatic heterocycles. The summed E-state index contributed by atoms with van der Waals surface area (Å²) in [6.07, 6.45) is 0.978. The van der Waals surface area contributed by atoms with E-state index in [2.05, 4.69) is 4.98 Å². The van der Waals surface area contributed by atoms with Crippen LogP contribution in [0.4, 0.5) is 10.6 Å². The van der Waals surface area contributed by atoms with E-state index in [0.717, 1.165) is 5.56 Å². The summed E-state index contributed by atoms with van der Waals surface area (Å²) in [6.45, 7) is 3.96. The fourth-order valence-electron chi connectivity index (χ4n) is 1.95. The maximum atomic E-state index is 12.3. The number of aromatic nitrogens is 1. The Hall–Kier alpha value is -2.87. The summed E-state index contributed by atoms with van der Waals surface area (Å²) in [4.78, 5) is 17.9. The highest BCUT2D eigenvalue weighted by molar-refractivity contribution is 5.86. The van der Waals surface area contributed by atoms with Gasteiger partial charge >= 0.3 is 6.09 Å². The fraction of sp³-hybridized carbons (Fsp3) is 0.235. The Morgan fingerprint density at radius 1 is 1.27 bits per heavy atom. The van der Waals surface area contributed by atoms with Gasteiger partial charge in [0.1, 0.15) is 18.5 Å². The quantitative estimate of drug-likeness (QED) is 0.865. The number of nitriles is 1. The molecule has 0 aliphatic rings. The molecule has 0 atom stereocenters. The fourth-order valence-corrected chi connectivity index (χ4v) is 1.95. The Morgan fingerprint density at radius 3 is 2.55 bits per heavy atom. The van der Waals surface area contributed by atoms with Crippen LogP contribution < -0.4 is 4.90 Å². The summed E-state index contributed by atoms with van der Waals surface area (Å²) < 4.78 is 5.34. The second kappa shape index (κ2) is 7.23. The van der Waals surface area contributed by atoms with Crippen molar-refractivity contribution in [2.45, 2.75) is 26.5 Å². The smallest absolute Gasteiger partial charge is 0.416 e. The molecule has 1 aromatic heterocycles. The molecule has 0 radical (unpaired) electrons. The van der Waals surface area contributed by atoms with Gasteiger partial charge in [0.2, 0.25) is 0 Å². The normalized spacial score (nSPS) is 10.1. The van der Waals surface area contributed by atoms with Crippen LogP contribution in [0.3, 0.4) is 0 Å². The Bertz CT molecular complexity index is 661. The largest absolute Gasteiger partial charge is 0.444 e. The van der Waals surface area contributed by atoms with Crippen molar-refractivity contribution in [1.29, 1.82) is 5.26 Å². The standard InChI is InChI=1S/C17H17N3O2/c1-13(2)20(16-9-8-15(10-18)11-19-16)17(21)22-12-14-6-4-3-5-7-14/h3-9,11,13H,12H2,1-2H3. The number of amides is 1. The van der Waals surface area contributed by atoms with Gasteiger partial charge in [0.05, 0.1) is 5.56 Å². The van der Waals surface area contributed by atoms with Crippen molar-refractivity contribution in [2.24, 2.45) is 0 Å². The third kappa shape index (κ3) is 3.83. The van der Waals surface area contributed by atoms with Crippen LogP contribution in [0.25, 0.3) is 0 Å². The molecule has 1 heterocycles. The third-order valence-electron chi connectivity index (χ3n) is 3.04. The van der Waals surface area contributed by atoms with Crippen LogP contribution in [-0.2, 0) is 11.3 Å². The maximum absolute atomic E-state index is 12.3. The molecule has 0 spiro atoms. The highest BCUT2D eigenvalue weighted by Gasteiger charge is 2.21. The SMILES string of the molecule is CC(C)N(C(=O)OCc1ccccc1)c1ccc(C#N)cn1. The molecule has 0 saturated carbocycles. The van der Waals surface area contributed by atoms with Crippen LogP contribution in [-0.4, -0.2) is 17.1 Å². The highest BCUT2D eigenvalue weighted by atomic mass is 16.6. The van der Waals surface area contributed by atoms with Gasteiger partial charge in [-0.15, -0.1) is 0 Å². The first-order valence-corrected chi connectivity index (χ1v) is 6.98. The average molecular weight is 295 g/mol. The number of nitrogens with zero attached hydrogens (tertiary/aromatic N) is 3. The molecule has 1 aromatic carbocycles. The van der Waals surface area contributed by atoms with Gasteiger partial charge in [-0.25, -0.2) is 9.78 Å². The van der Waals surface area contributed by atoms with Gasteiger partial charge in [-0.05, 0) is 31.5 Å². The van der Waals surface area contributed by atoms with E-state index >= 15 is 0 Å². The number of hydrogen-bond donors (Lipinski definition) is 0. The Kier molecular flexibility index (Phi) is 5.10. The molecule has 2 rings (SSSR count). The Labute approximate surface area is 129 Å². The Balaban J connectivity index is 2.10. The maximum Gasteiger partial charge on any atom is 0.416 e. The number of hydrogen-bond acceptors (Lipinski definition) is 4. The highest BCUT2D eigenvalue weighted by Crippen LogP contribution is 2.16. The number of rotatable bonds is 4. The van der Waals surface area contributed by atoms with E-state index in [0.29, 0.717) is 11.4 Å². The van der Waals surface area contributed by atoms with Crippen molar-refractivity contribution >= 4 is 11.9 Å². The van der Waals surface area contributed by atoms with Gasteiger partial charge < -0.3 is 4.74 Å². The molecule has 112 valence electrons. The number of carbonyl (C=O) groups excluding carboxylic acids is 1. The molecule has 2 aromatic rings. The van der Waals surface area contributed by atoms with Gasteiger partial charge in [0.15, 0.2) is 0 Å².